The quantitative estimate of drug-likeness (QED) is 0.803. The second-order valence-corrected chi connectivity index (χ2v) is 3.22. The van der Waals surface area contributed by atoms with Gasteiger partial charge in [0.1, 0.15) is 11.9 Å². The molecule has 1 aromatic carbocycles. The molecule has 2 nitrogen and oxygen atoms in total. The van der Waals surface area contributed by atoms with E-state index in [9.17, 15) is 5.11 Å². The van der Waals surface area contributed by atoms with E-state index < -0.39 is 6.10 Å². The Labute approximate surface area is 82.8 Å². The van der Waals surface area contributed by atoms with Crippen LogP contribution in [0, 0.1) is 0 Å². The molecule has 72 valence electrons. The van der Waals surface area contributed by atoms with Crippen LogP contribution in [0.1, 0.15) is 17.4 Å². The van der Waals surface area contributed by atoms with Crippen molar-refractivity contribution >= 4 is 0 Å². The van der Waals surface area contributed by atoms with Crippen LogP contribution < -0.4 is 0 Å². The van der Waals surface area contributed by atoms with Crippen molar-refractivity contribution in [2.75, 3.05) is 0 Å². The molecule has 14 heavy (non-hydrogen) atoms. The lowest BCUT2D eigenvalue weighted by molar-refractivity contribution is 0.150. The molecule has 1 aromatic heterocycles. The molecule has 0 saturated heterocycles. The Morgan fingerprint density at radius 1 is 1.07 bits per heavy atom. The summed E-state index contributed by atoms with van der Waals surface area (Å²) in [6.07, 6.45) is 1.62. The van der Waals surface area contributed by atoms with E-state index in [0.29, 0.717) is 12.2 Å². The zero-order valence-corrected chi connectivity index (χ0v) is 7.76. The van der Waals surface area contributed by atoms with Gasteiger partial charge in [-0.05, 0) is 17.7 Å². The Morgan fingerprint density at radius 2 is 1.86 bits per heavy atom. The maximum atomic E-state index is 9.77. The predicted octanol–water partition coefficient (Wildman–Crippen LogP) is 2.56. The Bertz CT molecular complexity index is 364. The number of furan rings is 1. The third kappa shape index (κ3) is 2.03. The van der Waals surface area contributed by atoms with E-state index >= 15 is 0 Å². The molecule has 2 heteroatoms. The van der Waals surface area contributed by atoms with Crippen LogP contribution in [-0.2, 0) is 6.42 Å². The highest BCUT2D eigenvalue weighted by Gasteiger charge is 2.10. The fourth-order valence-corrected chi connectivity index (χ4v) is 1.42. The van der Waals surface area contributed by atoms with Crippen LogP contribution in [0.3, 0.4) is 0 Å². The highest BCUT2D eigenvalue weighted by molar-refractivity contribution is 5.17. The van der Waals surface area contributed by atoms with Crippen molar-refractivity contribution in [2.24, 2.45) is 0 Å². The summed E-state index contributed by atoms with van der Waals surface area (Å²) in [4.78, 5) is 0. The van der Waals surface area contributed by atoms with E-state index in [1.807, 2.05) is 30.3 Å². The molecule has 0 fully saturated rings. The van der Waals surface area contributed by atoms with Gasteiger partial charge in [-0.2, -0.15) is 0 Å². The third-order valence-electron chi connectivity index (χ3n) is 2.14. The van der Waals surface area contributed by atoms with Crippen molar-refractivity contribution in [1.82, 2.24) is 0 Å². The number of hydrogen-bond donors (Lipinski definition) is 1. The van der Waals surface area contributed by atoms with Crippen molar-refractivity contribution in [3.05, 3.63) is 60.1 Å². The fraction of sp³-hybridized carbons (Fsp3) is 0.167. The van der Waals surface area contributed by atoms with Crippen molar-refractivity contribution in [2.45, 2.75) is 12.5 Å². The summed E-state index contributed by atoms with van der Waals surface area (Å²) in [5.41, 5.74) is 1.11. The van der Waals surface area contributed by atoms with Gasteiger partial charge < -0.3 is 9.52 Å². The lowest BCUT2D eigenvalue weighted by Gasteiger charge is -2.06. The molecule has 0 bridgehead atoms. The first-order valence-corrected chi connectivity index (χ1v) is 4.61. The second-order valence-electron chi connectivity index (χ2n) is 3.22. The van der Waals surface area contributed by atoms with Crippen LogP contribution in [0.2, 0.25) is 0 Å². The van der Waals surface area contributed by atoms with Gasteiger partial charge in [0.05, 0.1) is 6.26 Å². The first-order valence-electron chi connectivity index (χ1n) is 4.61. The maximum absolute atomic E-state index is 9.77. The second kappa shape index (κ2) is 4.11. The van der Waals surface area contributed by atoms with Crippen LogP contribution in [0.25, 0.3) is 0 Å². The van der Waals surface area contributed by atoms with Gasteiger partial charge in [0.15, 0.2) is 0 Å². The summed E-state index contributed by atoms with van der Waals surface area (Å²) in [6, 6.07) is 13.4. The normalized spacial score (nSPS) is 12.6. The SMILES string of the molecule is OC(Cc1ccccc1)c1ccco1. The standard InChI is InChI=1S/C12H12O2/c13-11(12-7-4-8-14-12)9-10-5-2-1-3-6-10/h1-8,11,13H,9H2. The molecule has 0 amide bonds. The lowest BCUT2D eigenvalue weighted by atomic mass is 10.1. The van der Waals surface area contributed by atoms with Gasteiger partial charge in [-0.1, -0.05) is 30.3 Å². The largest absolute Gasteiger partial charge is 0.467 e. The number of rotatable bonds is 3. The zero-order valence-electron chi connectivity index (χ0n) is 7.76. The Kier molecular flexibility index (Phi) is 2.65. The van der Waals surface area contributed by atoms with Crippen molar-refractivity contribution in [3.8, 4) is 0 Å². The molecular weight excluding hydrogens is 176 g/mol. The minimum absolute atomic E-state index is 0.549. The number of aliphatic hydroxyl groups is 1. The van der Waals surface area contributed by atoms with E-state index in [4.69, 9.17) is 4.42 Å². The summed E-state index contributed by atoms with van der Waals surface area (Å²) in [6.45, 7) is 0. The summed E-state index contributed by atoms with van der Waals surface area (Å²) in [7, 11) is 0. The van der Waals surface area contributed by atoms with Crippen LogP contribution in [-0.4, -0.2) is 5.11 Å². The maximum Gasteiger partial charge on any atom is 0.132 e. The highest BCUT2D eigenvalue weighted by atomic mass is 16.4. The van der Waals surface area contributed by atoms with Crippen LogP contribution >= 0.6 is 0 Å². The molecule has 0 aliphatic rings. The Morgan fingerprint density at radius 3 is 2.50 bits per heavy atom. The molecule has 1 heterocycles. The van der Waals surface area contributed by atoms with E-state index in [1.54, 1.807) is 18.4 Å². The Hall–Kier alpha value is -1.54. The number of aliphatic hydroxyl groups excluding tert-OH is 1. The van der Waals surface area contributed by atoms with Crippen molar-refractivity contribution in [1.29, 1.82) is 0 Å². The van der Waals surface area contributed by atoms with Gasteiger partial charge in [-0.25, -0.2) is 0 Å². The minimum Gasteiger partial charge on any atom is -0.467 e. The predicted molar refractivity (Wildman–Crippen MR) is 53.8 cm³/mol. The average Bonchev–Trinajstić information content (AvgIpc) is 2.72. The van der Waals surface area contributed by atoms with Crippen LogP contribution in [0.5, 0.6) is 0 Å². The smallest absolute Gasteiger partial charge is 0.132 e. The van der Waals surface area contributed by atoms with E-state index in [2.05, 4.69) is 0 Å². The molecule has 0 spiro atoms. The molecule has 1 unspecified atom stereocenters. The van der Waals surface area contributed by atoms with E-state index in [0.717, 1.165) is 5.56 Å². The van der Waals surface area contributed by atoms with Gasteiger partial charge in [0, 0.05) is 6.42 Å². The first kappa shape index (κ1) is 9.03. The molecule has 1 N–H and O–H groups in total. The molecule has 0 radical (unpaired) electrons. The van der Waals surface area contributed by atoms with Gasteiger partial charge in [-0.15, -0.1) is 0 Å². The van der Waals surface area contributed by atoms with E-state index in [-0.39, 0.29) is 0 Å². The van der Waals surface area contributed by atoms with Crippen molar-refractivity contribution < 1.29 is 9.52 Å². The minimum atomic E-state index is -0.549. The van der Waals surface area contributed by atoms with E-state index in [1.165, 1.54) is 0 Å². The van der Waals surface area contributed by atoms with Gasteiger partial charge in [0.2, 0.25) is 0 Å². The summed E-state index contributed by atoms with van der Waals surface area (Å²) < 4.78 is 5.12. The molecule has 0 aliphatic carbocycles. The summed E-state index contributed by atoms with van der Waals surface area (Å²) >= 11 is 0. The number of hydrogen-bond acceptors (Lipinski definition) is 2. The van der Waals surface area contributed by atoms with Gasteiger partial charge >= 0.3 is 0 Å². The van der Waals surface area contributed by atoms with Gasteiger partial charge in [0.25, 0.3) is 0 Å². The molecule has 2 aromatic rings. The monoisotopic (exact) mass is 188 g/mol. The number of benzene rings is 1. The zero-order chi connectivity index (χ0) is 9.80. The first-order chi connectivity index (χ1) is 6.86. The van der Waals surface area contributed by atoms with Crippen LogP contribution in [0.15, 0.2) is 53.1 Å². The van der Waals surface area contributed by atoms with Crippen LogP contribution in [0.4, 0.5) is 0 Å². The summed E-state index contributed by atoms with van der Waals surface area (Å²) in [5.74, 6) is 0.619. The summed E-state index contributed by atoms with van der Waals surface area (Å²) in [5, 5.41) is 9.77. The highest BCUT2D eigenvalue weighted by Crippen LogP contribution is 2.17. The molecule has 1 atom stereocenters. The average molecular weight is 188 g/mol. The van der Waals surface area contributed by atoms with Gasteiger partial charge in [-0.3, -0.25) is 0 Å². The fourth-order valence-electron chi connectivity index (χ4n) is 1.42. The van der Waals surface area contributed by atoms with Crippen molar-refractivity contribution in [3.63, 3.8) is 0 Å². The molecule has 0 aliphatic heterocycles. The topological polar surface area (TPSA) is 33.4 Å². The molecular formula is C12H12O2. The molecule has 0 saturated carbocycles. The Balaban J connectivity index is 2.06. The molecule has 2 rings (SSSR count). The third-order valence-corrected chi connectivity index (χ3v) is 2.14. The lowest BCUT2D eigenvalue weighted by Crippen LogP contribution is -1.99.